The molecule has 5 aromatic heterocycles. The van der Waals surface area contributed by atoms with Crippen molar-refractivity contribution >= 4 is 179 Å². The lowest BCUT2D eigenvalue weighted by atomic mass is 10.2. The Balaban J connectivity index is 0.000000125. The fraction of sp³-hybridized carbons (Fsp3) is 0.134. The molecule has 0 unspecified atom stereocenters. The van der Waals surface area contributed by atoms with Crippen LogP contribution in [0.15, 0.2) is 243 Å². The molecule has 0 saturated carbocycles. The van der Waals surface area contributed by atoms with E-state index in [1.807, 2.05) is 194 Å². The maximum atomic E-state index is 13.7. The number of halogens is 4. The summed E-state index contributed by atoms with van der Waals surface area (Å²) in [5.74, 6) is -0.208. The van der Waals surface area contributed by atoms with Gasteiger partial charge in [-0.25, -0.2) is 0 Å². The molecule has 17 rings (SSSR count). The number of amides is 5. The highest BCUT2D eigenvalue weighted by molar-refractivity contribution is 6.33. The highest BCUT2D eigenvalue weighted by atomic mass is 35.5. The molecule has 4 aliphatic heterocycles. The van der Waals surface area contributed by atoms with E-state index >= 15 is 0 Å². The van der Waals surface area contributed by atoms with Gasteiger partial charge in [0.25, 0.3) is 23.6 Å². The normalized spacial score (nSPS) is 13.2. The van der Waals surface area contributed by atoms with E-state index < -0.39 is 5.97 Å². The third-order valence-electron chi connectivity index (χ3n) is 18.6. The molecule has 27 nitrogen and oxygen atoms in total. The molecule has 8 aromatic carbocycles. The highest BCUT2D eigenvalue weighted by Crippen LogP contribution is 2.49. The van der Waals surface area contributed by atoms with Crippen molar-refractivity contribution in [2.45, 2.75) is 26.2 Å². The SMILES string of the molecule is CN1c2ccc(Cl)cc2N(c2ccccc2)C(=O)c2cn(CC(=O)Nc3cccnc3)nc21.CN1c2ccc(Cl)cc2N(c2ccccc2)C(=O)c2cn(CC(=O)O)nc21.CN1c2ccc(Cl)cc2N(c2ccccc2)C(=O)c2cn(CCO)nc21.COCCn1cc2c(n1)N(C)c1ccc(Cl)cc1N(c1ccccc1)C2=O. The van der Waals surface area contributed by atoms with Gasteiger partial charge in [0.1, 0.15) is 35.3 Å². The van der Waals surface area contributed by atoms with E-state index in [1.54, 1.807) is 128 Å². The molecule has 0 atom stereocenters. The number of aromatic nitrogens is 9. The number of carbonyl (C=O) groups is 6. The summed E-state index contributed by atoms with van der Waals surface area (Å²) >= 11 is 25.0. The number of aliphatic carboxylic acids is 1. The number of anilines is 17. The molecule has 31 heteroatoms. The Morgan fingerprint density at radius 3 is 1.01 bits per heavy atom. The molecule has 4 aliphatic rings. The molecule has 113 heavy (non-hydrogen) atoms. The van der Waals surface area contributed by atoms with Crippen LogP contribution in [0, 0.1) is 0 Å². The zero-order valence-electron chi connectivity index (χ0n) is 61.2. The average molecular weight is 1590 g/mol. The molecule has 0 aliphatic carbocycles. The Kier molecular flexibility index (Phi) is 22.5. The van der Waals surface area contributed by atoms with Crippen LogP contribution in [-0.2, 0) is 40.5 Å². The summed E-state index contributed by atoms with van der Waals surface area (Å²) in [7, 11) is 9.03. The van der Waals surface area contributed by atoms with Crippen LogP contribution in [-0.4, -0.2) is 138 Å². The van der Waals surface area contributed by atoms with Crippen LogP contribution >= 0.6 is 46.4 Å². The maximum Gasteiger partial charge on any atom is 0.325 e. The van der Waals surface area contributed by atoms with Gasteiger partial charge in [-0.05, 0) is 133 Å². The van der Waals surface area contributed by atoms with Crippen molar-refractivity contribution in [2.24, 2.45) is 0 Å². The van der Waals surface area contributed by atoms with Gasteiger partial charge in [0.2, 0.25) is 5.91 Å². The number of carboxylic acid groups (broad SMARTS) is 1. The molecule has 0 radical (unpaired) electrons. The molecule has 0 saturated heterocycles. The van der Waals surface area contributed by atoms with E-state index in [4.69, 9.17) is 56.2 Å². The number of aliphatic hydroxyl groups excluding tert-OH is 1. The van der Waals surface area contributed by atoms with Crippen LogP contribution in [0.4, 0.5) is 97.2 Å². The van der Waals surface area contributed by atoms with Gasteiger partial charge in [0.15, 0.2) is 23.3 Å². The average Bonchev–Trinajstić information content (AvgIpc) is 1.64. The highest BCUT2D eigenvalue weighted by Gasteiger charge is 2.39. The van der Waals surface area contributed by atoms with E-state index in [9.17, 15) is 33.9 Å². The Labute approximate surface area is 667 Å². The molecule has 570 valence electrons. The molecule has 3 N–H and O–H groups in total. The van der Waals surface area contributed by atoms with Gasteiger partial charge < -0.3 is 39.9 Å². The van der Waals surface area contributed by atoms with Crippen molar-refractivity contribution in [1.29, 1.82) is 0 Å². The number of nitrogens with zero attached hydrogens (tertiary/aromatic N) is 17. The van der Waals surface area contributed by atoms with Crippen molar-refractivity contribution in [3.8, 4) is 0 Å². The Bertz CT molecular complexity index is 5740. The zero-order chi connectivity index (χ0) is 79.3. The first-order valence-electron chi connectivity index (χ1n) is 35.2. The van der Waals surface area contributed by atoms with Gasteiger partial charge in [-0.3, -0.25) is 72.1 Å². The number of para-hydroxylation sites is 4. The van der Waals surface area contributed by atoms with Gasteiger partial charge in [-0.15, -0.1) is 0 Å². The lowest BCUT2D eigenvalue weighted by Crippen LogP contribution is -2.25. The largest absolute Gasteiger partial charge is 0.480 e. The number of hydrogen-bond acceptors (Lipinski definition) is 17. The fourth-order valence-corrected chi connectivity index (χ4v) is 14.1. The standard InChI is InChI=1S/C24H19ClN6O2.C20H19ClN4O2.C19H15ClN4O3.C19H17ClN4O2/c1-29-20-10-9-16(25)12-21(20)31(18-7-3-2-4-8-18)24(33)19-14-30(28-23(19)29)15-22(32)27-17-6-5-11-26-13-17;1-23-17-9-8-14(21)12-18(17)25(15-6-4-3-5-7-15)20(26)16-13-24(10-11-27-2)22-19(16)23;1-22-15-8-7-12(20)9-16(15)24(13-5-3-2-4-6-13)19(27)14-10-23(11-17(25)26)21-18(14)22;1-22-16-8-7-13(20)11-17(16)24(14-5-3-2-4-6-14)19(26)15-12-23(9-10-25)21-18(15)22/h2-14H,15H2,1H3,(H,27,32);3-9,12-13H,10-11H2,1-2H3;2-10H,11H2,1H3,(H,25,26);2-8,11-12,25H,9-10H2,1H3. The summed E-state index contributed by atoms with van der Waals surface area (Å²) in [4.78, 5) is 95.5. The minimum atomic E-state index is -1.03. The first-order chi connectivity index (χ1) is 54.7. The fourth-order valence-electron chi connectivity index (χ4n) is 13.4. The summed E-state index contributed by atoms with van der Waals surface area (Å²) in [6.45, 7) is 0.991. The summed E-state index contributed by atoms with van der Waals surface area (Å²) in [6, 6.07) is 62.7. The van der Waals surface area contributed by atoms with Crippen molar-refractivity contribution in [3.05, 3.63) is 286 Å². The summed E-state index contributed by atoms with van der Waals surface area (Å²) < 4.78 is 11.2. The van der Waals surface area contributed by atoms with Crippen molar-refractivity contribution in [2.75, 3.05) is 93.0 Å². The molecule has 13 aromatic rings. The van der Waals surface area contributed by atoms with Gasteiger partial charge in [-0.2, -0.15) is 20.4 Å². The van der Waals surface area contributed by atoms with Crippen LogP contribution in [0.5, 0.6) is 0 Å². The summed E-state index contributed by atoms with van der Waals surface area (Å²) in [6.07, 6.45) is 9.70. The smallest absolute Gasteiger partial charge is 0.325 e. The number of rotatable bonds is 14. The Hall–Kier alpha value is -13.2. The van der Waals surface area contributed by atoms with E-state index in [0.29, 0.717) is 119 Å². The van der Waals surface area contributed by atoms with Gasteiger partial charge >= 0.3 is 5.97 Å². The number of hydrogen-bond donors (Lipinski definition) is 3. The second-order valence-electron chi connectivity index (χ2n) is 26.0. The van der Waals surface area contributed by atoms with E-state index in [1.165, 1.54) is 15.6 Å². The van der Waals surface area contributed by atoms with E-state index in [2.05, 4.69) is 30.7 Å². The minimum absolute atomic E-state index is 0.0486. The molecule has 9 heterocycles. The topological polar surface area (TPSA) is 274 Å². The number of benzene rings is 8. The quantitative estimate of drug-likeness (QED) is 0.0912. The van der Waals surface area contributed by atoms with Crippen LogP contribution in [0.2, 0.25) is 20.1 Å². The molecular weight excluding hydrogens is 1520 g/mol. The minimum Gasteiger partial charge on any atom is -0.480 e. The predicted octanol–water partition coefficient (Wildman–Crippen LogP) is 16.1. The van der Waals surface area contributed by atoms with Crippen molar-refractivity contribution in [1.82, 2.24) is 44.1 Å². The molecule has 0 fully saturated rings. The lowest BCUT2D eigenvalue weighted by molar-refractivity contribution is -0.137. The Morgan fingerprint density at radius 1 is 0.398 bits per heavy atom. The zero-order valence-corrected chi connectivity index (χ0v) is 64.2. The summed E-state index contributed by atoms with van der Waals surface area (Å²) in [5.41, 5.74) is 11.1. The molecule has 0 bridgehead atoms. The van der Waals surface area contributed by atoms with E-state index in [0.717, 1.165) is 39.8 Å². The number of nitrogens with one attached hydrogen (secondary N) is 1. The van der Waals surface area contributed by atoms with E-state index in [-0.39, 0.29) is 49.2 Å². The molecular formula is C82H70Cl4N18O9. The van der Waals surface area contributed by atoms with Gasteiger partial charge in [0, 0.05) is 109 Å². The van der Waals surface area contributed by atoms with Gasteiger partial charge in [-0.1, -0.05) is 119 Å². The second-order valence-corrected chi connectivity index (χ2v) is 27.7. The number of fused-ring (bicyclic) bond motifs is 8. The number of carboxylic acids is 1. The van der Waals surface area contributed by atoms with Crippen molar-refractivity contribution < 1.29 is 43.7 Å². The maximum absolute atomic E-state index is 13.7. The van der Waals surface area contributed by atoms with Crippen LogP contribution in [0.1, 0.15) is 41.4 Å². The van der Waals surface area contributed by atoms with Crippen LogP contribution in [0.25, 0.3) is 0 Å². The predicted molar refractivity (Wildman–Crippen MR) is 438 cm³/mol. The van der Waals surface area contributed by atoms with Crippen LogP contribution < -0.4 is 44.5 Å². The number of pyridine rings is 1. The lowest BCUT2D eigenvalue weighted by Gasteiger charge is -2.25. The number of methoxy groups -OCH3 is 1. The number of aliphatic hydroxyl groups is 1. The Morgan fingerprint density at radius 2 is 0.708 bits per heavy atom. The first kappa shape index (κ1) is 76.6. The summed E-state index contributed by atoms with van der Waals surface area (Å²) in [5, 5.41) is 41.1. The second kappa shape index (κ2) is 33.2. The van der Waals surface area contributed by atoms with Crippen LogP contribution in [0.3, 0.4) is 0 Å². The molecule has 0 spiro atoms. The van der Waals surface area contributed by atoms with Gasteiger partial charge in [0.05, 0.1) is 83.7 Å². The van der Waals surface area contributed by atoms with Crippen molar-refractivity contribution in [3.63, 3.8) is 0 Å². The third kappa shape index (κ3) is 15.9. The molecule has 5 amide bonds. The number of ether oxygens (including phenoxy) is 1. The third-order valence-corrected chi connectivity index (χ3v) is 19.5. The number of carbonyl (C=O) groups excluding carboxylic acids is 5. The first-order valence-corrected chi connectivity index (χ1v) is 36.7. The monoisotopic (exact) mass is 1590 g/mol.